The molecule has 6 nitrogen and oxygen atoms in total. The van der Waals surface area contributed by atoms with E-state index in [1.54, 1.807) is 30.7 Å². The Morgan fingerprint density at radius 1 is 1.25 bits per heavy atom. The number of rotatable bonds is 4. The predicted molar refractivity (Wildman–Crippen MR) is 103 cm³/mol. The summed E-state index contributed by atoms with van der Waals surface area (Å²) in [6.45, 7) is 1.02. The number of hydrogen-bond acceptors (Lipinski definition) is 4. The van der Waals surface area contributed by atoms with Gasteiger partial charge in [-0.15, -0.1) is 0 Å². The average molecular weight is 404 g/mol. The fourth-order valence-electron chi connectivity index (χ4n) is 3.37. The Bertz CT molecular complexity index is 920. The predicted octanol–water partition coefficient (Wildman–Crippen LogP) is 3.87. The highest BCUT2D eigenvalue weighted by atomic mass is 35.5. The first kappa shape index (κ1) is 20.0. The molecule has 2 aromatic heterocycles. The number of hydrogen-bond donors (Lipinski definition) is 1. The summed E-state index contributed by atoms with van der Waals surface area (Å²) in [4.78, 5) is 16.8. The molecule has 0 bridgehead atoms. The molecular formula is C20H19ClFN3O3. The van der Waals surface area contributed by atoms with E-state index >= 15 is 0 Å². The molecule has 4 rings (SSSR count). The molecular weight excluding hydrogens is 385 g/mol. The molecule has 0 unspecified atom stereocenters. The van der Waals surface area contributed by atoms with Gasteiger partial charge in [0.2, 0.25) is 0 Å². The van der Waals surface area contributed by atoms with Crippen LogP contribution in [-0.4, -0.2) is 39.3 Å². The van der Waals surface area contributed by atoms with Crippen molar-refractivity contribution in [2.24, 2.45) is 5.92 Å². The number of benzene rings is 1. The molecule has 8 heteroatoms. The Morgan fingerprint density at radius 2 is 2.00 bits per heavy atom. The highest BCUT2D eigenvalue weighted by Crippen LogP contribution is 2.33. The number of ether oxygens (including phenoxy) is 1. The second-order valence-electron chi connectivity index (χ2n) is 6.31. The highest BCUT2D eigenvalue weighted by molar-refractivity contribution is 6.30. The smallest absolute Gasteiger partial charge is 0.290 e. The van der Waals surface area contributed by atoms with Crippen molar-refractivity contribution in [2.45, 2.75) is 12.5 Å². The zero-order chi connectivity index (χ0) is 19.9. The van der Waals surface area contributed by atoms with Gasteiger partial charge in [-0.2, -0.15) is 0 Å². The number of halogens is 2. The third kappa shape index (κ3) is 4.55. The van der Waals surface area contributed by atoms with Crippen molar-refractivity contribution in [1.82, 2.24) is 14.5 Å². The lowest BCUT2D eigenvalue weighted by Gasteiger charge is -2.21. The molecule has 0 spiro atoms. The summed E-state index contributed by atoms with van der Waals surface area (Å²) in [6, 6.07) is 8.81. The molecule has 146 valence electrons. The van der Waals surface area contributed by atoms with Crippen LogP contribution in [0.25, 0.3) is 11.4 Å². The van der Waals surface area contributed by atoms with Crippen molar-refractivity contribution in [1.29, 1.82) is 0 Å². The second kappa shape index (κ2) is 9.43. The zero-order valence-corrected chi connectivity index (χ0v) is 15.7. The molecule has 28 heavy (non-hydrogen) atoms. The van der Waals surface area contributed by atoms with Crippen molar-refractivity contribution < 1.29 is 19.0 Å². The van der Waals surface area contributed by atoms with Gasteiger partial charge >= 0.3 is 0 Å². The van der Waals surface area contributed by atoms with Crippen LogP contribution in [-0.2, 0) is 16.0 Å². The van der Waals surface area contributed by atoms with E-state index in [4.69, 9.17) is 26.2 Å². The quantitative estimate of drug-likeness (QED) is 0.669. The number of carboxylic acid groups (broad SMARTS) is 1. The number of imidazole rings is 1. The third-order valence-corrected chi connectivity index (χ3v) is 4.85. The summed E-state index contributed by atoms with van der Waals surface area (Å²) in [5, 5.41) is 7.26. The largest absolute Gasteiger partial charge is 0.483 e. The van der Waals surface area contributed by atoms with E-state index in [1.807, 2.05) is 22.9 Å². The lowest BCUT2D eigenvalue weighted by atomic mass is 9.95. The van der Waals surface area contributed by atoms with E-state index in [1.165, 1.54) is 11.6 Å². The standard InChI is InChI=1S/C19H17ClFN3O.CH2O2/c20-15-1-2-16(17(21)10-15)19-23-7-8-24(19)18-12-25-11-14(18)9-13-3-5-22-6-4-13;2-1-3/h1-8,10,14,18H,9,11-12H2;1H,(H,2,3)/t14-,18+;/m0./s1. The second-order valence-corrected chi connectivity index (χ2v) is 6.75. The van der Waals surface area contributed by atoms with E-state index < -0.39 is 0 Å². The van der Waals surface area contributed by atoms with Crippen LogP contribution in [0, 0.1) is 11.7 Å². The van der Waals surface area contributed by atoms with E-state index in [0.717, 1.165) is 6.42 Å². The zero-order valence-electron chi connectivity index (χ0n) is 14.9. The van der Waals surface area contributed by atoms with Crippen LogP contribution in [0.5, 0.6) is 0 Å². The first-order chi connectivity index (χ1) is 13.6. The van der Waals surface area contributed by atoms with Gasteiger partial charge in [0.05, 0.1) is 24.8 Å². The van der Waals surface area contributed by atoms with Crippen LogP contribution < -0.4 is 0 Å². The fourth-order valence-corrected chi connectivity index (χ4v) is 3.53. The van der Waals surface area contributed by atoms with Crippen LogP contribution in [0.2, 0.25) is 5.02 Å². The molecule has 1 aliphatic heterocycles. The molecule has 0 amide bonds. The maximum atomic E-state index is 14.3. The van der Waals surface area contributed by atoms with Crippen molar-refractivity contribution in [3.8, 4) is 11.4 Å². The van der Waals surface area contributed by atoms with Crippen molar-refractivity contribution in [2.75, 3.05) is 13.2 Å². The molecule has 1 fully saturated rings. The maximum absolute atomic E-state index is 14.3. The fraction of sp³-hybridized carbons (Fsp3) is 0.250. The molecule has 3 heterocycles. The molecule has 3 aromatic rings. The molecule has 0 aliphatic carbocycles. The van der Waals surface area contributed by atoms with Crippen LogP contribution in [0.3, 0.4) is 0 Å². The van der Waals surface area contributed by atoms with Crippen LogP contribution in [0.4, 0.5) is 4.39 Å². The van der Waals surface area contributed by atoms with Crippen molar-refractivity contribution >= 4 is 18.1 Å². The summed E-state index contributed by atoms with van der Waals surface area (Å²) < 4.78 is 22.1. The lowest BCUT2D eigenvalue weighted by molar-refractivity contribution is -0.122. The molecule has 1 aromatic carbocycles. The van der Waals surface area contributed by atoms with Gasteiger partial charge < -0.3 is 14.4 Å². The number of aromatic nitrogens is 3. The number of nitrogens with zero attached hydrogens (tertiary/aromatic N) is 3. The Labute approximate surface area is 166 Å². The van der Waals surface area contributed by atoms with Crippen LogP contribution in [0.15, 0.2) is 55.1 Å². The Hall–Kier alpha value is -2.77. The van der Waals surface area contributed by atoms with Gasteiger partial charge in [-0.1, -0.05) is 11.6 Å². The van der Waals surface area contributed by atoms with Gasteiger partial charge in [0, 0.05) is 35.7 Å². The van der Waals surface area contributed by atoms with Gasteiger partial charge in [-0.05, 0) is 42.3 Å². The van der Waals surface area contributed by atoms with E-state index in [-0.39, 0.29) is 18.3 Å². The lowest BCUT2D eigenvalue weighted by Crippen LogP contribution is -2.20. The monoisotopic (exact) mass is 403 g/mol. The Balaban J connectivity index is 0.000000706. The van der Waals surface area contributed by atoms with Crippen molar-refractivity contribution in [3.05, 3.63) is 71.5 Å². The van der Waals surface area contributed by atoms with E-state index in [2.05, 4.69) is 9.97 Å². The van der Waals surface area contributed by atoms with Crippen LogP contribution >= 0.6 is 11.6 Å². The van der Waals surface area contributed by atoms with Gasteiger partial charge in [-0.25, -0.2) is 9.37 Å². The average Bonchev–Trinajstić information content (AvgIpc) is 3.32. The molecule has 0 saturated carbocycles. The summed E-state index contributed by atoms with van der Waals surface area (Å²) >= 11 is 5.87. The van der Waals surface area contributed by atoms with E-state index in [9.17, 15) is 4.39 Å². The van der Waals surface area contributed by atoms with Gasteiger partial charge in [0.15, 0.2) is 0 Å². The minimum atomic E-state index is -0.371. The normalized spacial score (nSPS) is 18.4. The minimum absolute atomic E-state index is 0.112. The van der Waals surface area contributed by atoms with Gasteiger partial charge in [0.1, 0.15) is 11.6 Å². The minimum Gasteiger partial charge on any atom is -0.483 e. The molecule has 2 atom stereocenters. The summed E-state index contributed by atoms with van der Waals surface area (Å²) in [7, 11) is 0. The van der Waals surface area contributed by atoms with Crippen molar-refractivity contribution in [3.63, 3.8) is 0 Å². The number of carbonyl (C=O) groups is 1. The van der Waals surface area contributed by atoms with E-state index in [0.29, 0.717) is 35.5 Å². The molecule has 1 saturated heterocycles. The maximum Gasteiger partial charge on any atom is 0.290 e. The molecule has 1 N–H and O–H groups in total. The summed E-state index contributed by atoms with van der Waals surface area (Å²) in [5.74, 6) is 0.527. The third-order valence-electron chi connectivity index (χ3n) is 4.61. The molecule has 0 radical (unpaired) electrons. The SMILES string of the molecule is Fc1cc(Cl)ccc1-c1nccn1[C@@H]1COC[C@@H]1Cc1ccncc1.O=CO. The molecule has 1 aliphatic rings. The summed E-state index contributed by atoms with van der Waals surface area (Å²) in [5.41, 5.74) is 1.67. The van der Waals surface area contributed by atoms with Crippen LogP contribution in [0.1, 0.15) is 11.6 Å². The first-order valence-electron chi connectivity index (χ1n) is 8.66. The van der Waals surface area contributed by atoms with Gasteiger partial charge in [0.25, 0.3) is 6.47 Å². The Morgan fingerprint density at radius 3 is 2.71 bits per heavy atom. The first-order valence-corrected chi connectivity index (χ1v) is 9.04. The summed E-state index contributed by atoms with van der Waals surface area (Å²) in [6.07, 6.45) is 8.07. The highest BCUT2D eigenvalue weighted by Gasteiger charge is 2.31. The topological polar surface area (TPSA) is 77.2 Å². The van der Waals surface area contributed by atoms with Gasteiger partial charge in [-0.3, -0.25) is 9.78 Å². The Kier molecular flexibility index (Phi) is 6.73. The number of pyridine rings is 1.